The number of sulfonamides is 1. The zero-order valence-corrected chi connectivity index (χ0v) is 22.3. The lowest BCUT2D eigenvalue weighted by molar-refractivity contribution is -0.138. The lowest BCUT2D eigenvalue weighted by Crippen LogP contribution is -2.51. The minimum absolute atomic E-state index is 0.0580. The van der Waals surface area contributed by atoms with Crippen LogP contribution in [0, 0.1) is 5.92 Å². The summed E-state index contributed by atoms with van der Waals surface area (Å²) in [7, 11) is -0.382. The third-order valence-electron chi connectivity index (χ3n) is 6.79. The van der Waals surface area contributed by atoms with Gasteiger partial charge in [-0.15, -0.1) is 0 Å². The number of carbonyl (C=O) groups excluding carboxylic acids is 1. The first-order chi connectivity index (χ1) is 17.1. The molecule has 0 aromatic heterocycles. The molecule has 10 heteroatoms. The van der Waals surface area contributed by atoms with E-state index in [4.69, 9.17) is 11.5 Å². The number of rotatable bonds is 9. The van der Waals surface area contributed by atoms with Gasteiger partial charge in [-0.25, -0.2) is 12.7 Å². The van der Waals surface area contributed by atoms with Crippen molar-refractivity contribution in [1.29, 1.82) is 0 Å². The number of nitrogens with zero attached hydrogens (tertiary/aromatic N) is 4. The number of benzene rings is 1. The van der Waals surface area contributed by atoms with E-state index in [1.54, 1.807) is 18.2 Å². The normalized spacial score (nSPS) is 19.3. The molecule has 0 atom stereocenters. The number of carbonyl (C=O) groups is 1. The minimum Gasteiger partial charge on any atom is -0.405 e. The number of hydrogen-bond donors (Lipinski definition) is 2. The van der Waals surface area contributed by atoms with Gasteiger partial charge in [0.25, 0.3) is 0 Å². The lowest BCUT2D eigenvalue weighted by atomic mass is 9.94. The number of piperazine rings is 1. The summed E-state index contributed by atoms with van der Waals surface area (Å²) < 4.78 is 26.1. The third kappa shape index (κ3) is 7.42. The first-order valence-corrected chi connectivity index (χ1v) is 13.8. The van der Waals surface area contributed by atoms with Crippen molar-refractivity contribution in [2.75, 3.05) is 59.9 Å². The molecule has 0 saturated carbocycles. The van der Waals surface area contributed by atoms with E-state index in [1.165, 1.54) is 24.6 Å². The predicted octanol–water partition coefficient (Wildman–Crippen LogP) is 1.16. The SMILES string of the molecule is C=C(N)/C=C(\C=C/N)CN1CCC(C(=O)N2CCN(Cc3cccc(S(=O)(=O)N(C)C)c3)CC2)CC1. The largest absolute Gasteiger partial charge is 0.405 e. The van der Waals surface area contributed by atoms with Crippen molar-refractivity contribution >= 4 is 15.9 Å². The number of likely N-dealkylation sites (tertiary alicyclic amines) is 1. The smallest absolute Gasteiger partial charge is 0.242 e. The van der Waals surface area contributed by atoms with E-state index in [2.05, 4.69) is 16.4 Å². The molecule has 2 saturated heterocycles. The van der Waals surface area contributed by atoms with Crippen molar-refractivity contribution in [2.24, 2.45) is 17.4 Å². The van der Waals surface area contributed by atoms with E-state index in [9.17, 15) is 13.2 Å². The van der Waals surface area contributed by atoms with Gasteiger partial charge in [0.15, 0.2) is 0 Å². The Kier molecular flexibility index (Phi) is 9.72. The van der Waals surface area contributed by atoms with Crippen LogP contribution in [0.4, 0.5) is 0 Å². The van der Waals surface area contributed by atoms with Crippen molar-refractivity contribution in [2.45, 2.75) is 24.3 Å². The van der Waals surface area contributed by atoms with Crippen LogP contribution in [0.2, 0.25) is 0 Å². The maximum absolute atomic E-state index is 13.2. The first-order valence-electron chi connectivity index (χ1n) is 12.4. The Hall–Kier alpha value is -2.66. The summed E-state index contributed by atoms with van der Waals surface area (Å²) in [5.41, 5.74) is 13.7. The number of allylic oxidation sites excluding steroid dienone is 1. The van der Waals surface area contributed by atoms with Gasteiger partial charge in [-0.3, -0.25) is 14.6 Å². The molecule has 1 aromatic carbocycles. The Morgan fingerprint density at radius 2 is 1.78 bits per heavy atom. The van der Waals surface area contributed by atoms with E-state index in [1.807, 2.05) is 23.1 Å². The topological polar surface area (TPSA) is 116 Å². The van der Waals surface area contributed by atoms with Gasteiger partial charge in [-0.2, -0.15) is 0 Å². The van der Waals surface area contributed by atoms with Gasteiger partial charge in [0, 0.05) is 65.0 Å². The number of piperidine rings is 1. The van der Waals surface area contributed by atoms with E-state index in [0.29, 0.717) is 30.2 Å². The van der Waals surface area contributed by atoms with Crippen LogP contribution in [0.25, 0.3) is 0 Å². The molecule has 1 amide bonds. The van der Waals surface area contributed by atoms with Crippen LogP contribution in [0.15, 0.2) is 65.4 Å². The molecule has 2 fully saturated rings. The van der Waals surface area contributed by atoms with Crippen molar-refractivity contribution < 1.29 is 13.2 Å². The summed E-state index contributed by atoms with van der Waals surface area (Å²) in [4.78, 5) is 20.1. The van der Waals surface area contributed by atoms with E-state index in [-0.39, 0.29) is 11.8 Å². The number of amides is 1. The number of hydrogen-bond acceptors (Lipinski definition) is 7. The van der Waals surface area contributed by atoms with Crippen molar-refractivity contribution in [1.82, 2.24) is 19.0 Å². The molecule has 2 aliphatic rings. The van der Waals surface area contributed by atoms with Crippen molar-refractivity contribution in [3.05, 3.63) is 66.0 Å². The molecular formula is C26H40N6O3S. The predicted molar refractivity (Wildman–Crippen MR) is 143 cm³/mol. The van der Waals surface area contributed by atoms with Gasteiger partial charge in [0.2, 0.25) is 15.9 Å². The van der Waals surface area contributed by atoms with E-state index >= 15 is 0 Å². The highest BCUT2D eigenvalue weighted by Crippen LogP contribution is 2.22. The van der Waals surface area contributed by atoms with E-state index in [0.717, 1.165) is 56.7 Å². The maximum atomic E-state index is 13.2. The summed E-state index contributed by atoms with van der Waals surface area (Å²) >= 11 is 0. The minimum atomic E-state index is -3.45. The molecule has 2 heterocycles. The Bertz CT molecular complexity index is 1080. The molecule has 36 heavy (non-hydrogen) atoms. The molecule has 0 radical (unpaired) electrons. The second-order valence-electron chi connectivity index (χ2n) is 9.74. The lowest BCUT2D eigenvalue weighted by Gasteiger charge is -2.38. The average Bonchev–Trinajstić information content (AvgIpc) is 2.84. The van der Waals surface area contributed by atoms with Crippen LogP contribution in [-0.4, -0.2) is 93.2 Å². The van der Waals surface area contributed by atoms with Crippen LogP contribution in [0.3, 0.4) is 0 Å². The highest BCUT2D eigenvalue weighted by atomic mass is 32.2. The molecule has 2 aliphatic heterocycles. The molecule has 0 spiro atoms. The van der Waals surface area contributed by atoms with Crippen molar-refractivity contribution in [3.63, 3.8) is 0 Å². The van der Waals surface area contributed by atoms with Crippen LogP contribution < -0.4 is 11.5 Å². The summed E-state index contributed by atoms with van der Waals surface area (Å²) in [6.45, 7) is 9.79. The first kappa shape index (κ1) is 27.9. The Morgan fingerprint density at radius 3 is 2.36 bits per heavy atom. The standard InChI is InChI=1S/C26H40N6O3S/c1-21(28)17-23(7-10-27)20-30-11-8-24(9-12-30)26(33)32-15-13-31(14-16-32)19-22-5-4-6-25(18-22)36(34,35)29(2)3/h4-7,10,17-18,24H,1,8-9,11-16,19-20,27-28H2,2-3H3/b10-7-,23-17+. The molecule has 0 bridgehead atoms. The molecule has 0 unspecified atom stereocenters. The fourth-order valence-corrected chi connectivity index (χ4v) is 5.73. The van der Waals surface area contributed by atoms with E-state index < -0.39 is 10.0 Å². The second kappa shape index (κ2) is 12.5. The maximum Gasteiger partial charge on any atom is 0.242 e. The van der Waals surface area contributed by atoms with Crippen LogP contribution in [0.5, 0.6) is 0 Å². The quantitative estimate of drug-likeness (QED) is 0.473. The monoisotopic (exact) mass is 516 g/mol. The Balaban J connectivity index is 1.47. The van der Waals surface area contributed by atoms with Gasteiger partial charge < -0.3 is 16.4 Å². The molecular weight excluding hydrogens is 476 g/mol. The van der Waals surface area contributed by atoms with Crippen molar-refractivity contribution in [3.8, 4) is 0 Å². The molecule has 198 valence electrons. The molecule has 0 aliphatic carbocycles. The van der Waals surface area contributed by atoms with Gasteiger partial charge in [-0.1, -0.05) is 18.7 Å². The number of nitrogens with two attached hydrogens (primary N) is 2. The van der Waals surface area contributed by atoms with Gasteiger partial charge in [-0.05, 0) is 67.6 Å². The van der Waals surface area contributed by atoms with Gasteiger partial charge in [0.05, 0.1) is 4.90 Å². The molecule has 4 N–H and O–H groups in total. The van der Waals surface area contributed by atoms with Crippen LogP contribution >= 0.6 is 0 Å². The fourth-order valence-electron chi connectivity index (χ4n) is 4.76. The Labute approximate surface area is 215 Å². The summed E-state index contributed by atoms with van der Waals surface area (Å²) in [6, 6.07) is 7.11. The zero-order chi connectivity index (χ0) is 26.3. The fraction of sp³-hybridized carbons (Fsp3) is 0.500. The van der Waals surface area contributed by atoms with Gasteiger partial charge >= 0.3 is 0 Å². The average molecular weight is 517 g/mol. The Morgan fingerprint density at radius 1 is 1.11 bits per heavy atom. The summed E-state index contributed by atoms with van der Waals surface area (Å²) in [6.07, 6.45) is 6.86. The summed E-state index contributed by atoms with van der Waals surface area (Å²) in [5, 5.41) is 0. The highest BCUT2D eigenvalue weighted by Gasteiger charge is 2.30. The zero-order valence-electron chi connectivity index (χ0n) is 21.5. The molecule has 3 rings (SSSR count). The third-order valence-corrected chi connectivity index (χ3v) is 8.60. The van der Waals surface area contributed by atoms with Gasteiger partial charge in [0.1, 0.15) is 0 Å². The molecule has 9 nitrogen and oxygen atoms in total. The highest BCUT2D eigenvalue weighted by molar-refractivity contribution is 7.89. The molecule has 1 aromatic rings. The second-order valence-corrected chi connectivity index (χ2v) is 11.9. The van der Waals surface area contributed by atoms with Crippen LogP contribution in [-0.2, 0) is 21.4 Å². The summed E-state index contributed by atoms with van der Waals surface area (Å²) in [5.74, 6) is 0.309. The van der Waals surface area contributed by atoms with Crippen LogP contribution in [0.1, 0.15) is 18.4 Å².